The molecule has 1 atom stereocenters. The average molecular weight is 340 g/mol. The molecule has 0 radical (unpaired) electrons. The number of carbonyl (C=O) groups is 2. The molecule has 2 fully saturated rings. The third-order valence-electron chi connectivity index (χ3n) is 3.95. The molecule has 0 bridgehead atoms. The molecule has 2 aliphatic rings. The van der Waals surface area contributed by atoms with E-state index in [0.29, 0.717) is 31.4 Å². The van der Waals surface area contributed by atoms with E-state index >= 15 is 0 Å². The van der Waals surface area contributed by atoms with Gasteiger partial charge in [0.2, 0.25) is 0 Å². The number of nitrogens with one attached hydrogen (secondary N) is 1. The molecule has 2 saturated heterocycles. The standard InChI is InChI=1S/C15H18ClN3O2S/c16-12-4-2-1-3-11(12)13-5-7-18(9-10-22-13)15(21)19-8-6-17-14(19)20/h1-4,13H,5-10H2,(H,17,20)/t13-/m1/s1. The average Bonchev–Trinajstić information content (AvgIpc) is 2.80. The molecule has 22 heavy (non-hydrogen) atoms. The van der Waals surface area contributed by atoms with Crippen molar-refractivity contribution in [1.82, 2.24) is 15.1 Å². The summed E-state index contributed by atoms with van der Waals surface area (Å²) in [6.07, 6.45) is 0.843. The summed E-state index contributed by atoms with van der Waals surface area (Å²) in [5.41, 5.74) is 1.13. The summed E-state index contributed by atoms with van der Waals surface area (Å²) in [6, 6.07) is 7.39. The second-order valence-electron chi connectivity index (χ2n) is 5.32. The van der Waals surface area contributed by atoms with E-state index in [-0.39, 0.29) is 12.1 Å². The van der Waals surface area contributed by atoms with Gasteiger partial charge in [-0.3, -0.25) is 0 Å². The number of imide groups is 1. The van der Waals surface area contributed by atoms with Gasteiger partial charge in [0.1, 0.15) is 0 Å². The largest absolute Gasteiger partial charge is 0.336 e. The maximum absolute atomic E-state index is 12.4. The van der Waals surface area contributed by atoms with Crippen molar-refractivity contribution in [2.45, 2.75) is 11.7 Å². The molecule has 1 aromatic carbocycles. The Balaban J connectivity index is 1.66. The molecule has 3 rings (SSSR count). The lowest BCUT2D eigenvalue weighted by molar-refractivity contribution is 0.166. The summed E-state index contributed by atoms with van der Waals surface area (Å²) in [5, 5.41) is 3.73. The van der Waals surface area contributed by atoms with Gasteiger partial charge in [-0.1, -0.05) is 29.8 Å². The van der Waals surface area contributed by atoms with Crippen molar-refractivity contribution in [3.05, 3.63) is 34.9 Å². The van der Waals surface area contributed by atoms with Crippen molar-refractivity contribution in [2.24, 2.45) is 0 Å². The topological polar surface area (TPSA) is 52.7 Å². The van der Waals surface area contributed by atoms with Crippen LogP contribution in [0, 0.1) is 0 Å². The van der Waals surface area contributed by atoms with Crippen molar-refractivity contribution in [3.8, 4) is 0 Å². The van der Waals surface area contributed by atoms with Gasteiger partial charge in [0.05, 0.1) is 0 Å². The van der Waals surface area contributed by atoms with Crippen molar-refractivity contribution >= 4 is 35.4 Å². The van der Waals surface area contributed by atoms with Crippen molar-refractivity contribution in [2.75, 3.05) is 31.9 Å². The molecule has 5 nitrogen and oxygen atoms in total. The highest BCUT2D eigenvalue weighted by atomic mass is 35.5. The summed E-state index contributed by atoms with van der Waals surface area (Å²) < 4.78 is 0. The highest BCUT2D eigenvalue weighted by Crippen LogP contribution is 2.37. The van der Waals surface area contributed by atoms with Crippen LogP contribution in [0.25, 0.3) is 0 Å². The van der Waals surface area contributed by atoms with Gasteiger partial charge in [0, 0.05) is 42.2 Å². The number of amides is 4. The van der Waals surface area contributed by atoms with Crippen LogP contribution in [0.3, 0.4) is 0 Å². The summed E-state index contributed by atoms with van der Waals surface area (Å²) in [7, 11) is 0. The molecule has 0 unspecified atom stereocenters. The van der Waals surface area contributed by atoms with Crippen LogP contribution < -0.4 is 5.32 Å². The van der Waals surface area contributed by atoms with Crippen LogP contribution in [-0.2, 0) is 0 Å². The van der Waals surface area contributed by atoms with E-state index < -0.39 is 0 Å². The zero-order valence-electron chi connectivity index (χ0n) is 12.1. The maximum atomic E-state index is 12.4. The summed E-state index contributed by atoms with van der Waals surface area (Å²) in [5.74, 6) is 0.844. The second-order valence-corrected chi connectivity index (χ2v) is 7.04. The number of halogens is 1. The summed E-state index contributed by atoms with van der Waals surface area (Å²) in [4.78, 5) is 27.1. The molecule has 1 aromatic rings. The zero-order valence-corrected chi connectivity index (χ0v) is 13.7. The number of benzene rings is 1. The van der Waals surface area contributed by atoms with Gasteiger partial charge in [-0.05, 0) is 18.1 Å². The predicted octanol–water partition coefficient (Wildman–Crippen LogP) is 2.97. The molecule has 0 aromatic heterocycles. The van der Waals surface area contributed by atoms with E-state index in [4.69, 9.17) is 11.6 Å². The van der Waals surface area contributed by atoms with Gasteiger partial charge in [0.15, 0.2) is 0 Å². The fourth-order valence-electron chi connectivity index (χ4n) is 2.77. The van der Waals surface area contributed by atoms with E-state index in [1.807, 2.05) is 36.0 Å². The molecule has 2 aliphatic heterocycles. The summed E-state index contributed by atoms with van der Waals surface area (Å²) >= 11 is 8.10. The Labute approximate surface area is 139 Å². The van der Waals surface area contributed by atoms with Gasteiger partial charge < -0.3 is 10.2 Å². The zero-order chi connectivity index (χ0) is 15.5. The SMILES string of the molecule is O=C1NCCN1C(=O)N1CCS[C@@H](c2ccccc2Cl)CC1. The first kappa shape index (κ1) is 15.5. The maximum Gasteiger partial charge on any atom is 0.328 e. The van der Waals surface area contributed by atoms with E-state index in [9.17, 15) is 9.59 Å². The number of thioether (sulfide) groups is 1. The van der Waals surface area contributed by atoms with Gasteiger partial charge in [0.25, 0.3) is 0 Å². The molecule has 118 valence electrons. The highest BCUT2D eigenvalue weighted by molar-refractivity contribution is 7.99. The van der Waals surface area contributed by atoms with E-state index in [1.165, 1.54) is 4.90 Å². The van der Waals surface area contributed by atoms with Crippen LogP contribution in [0.15, 0.2) is 24.3 Å². The third kappa shape index (κ3) is 3.17. The quantitative estimate of drug-likeness (QED) is 0.855. The lowest BCUT2D eigenvalue weighted by Gasteiger charge is -2.24. The van der Waals surface area contributed by atoms with Crippen LogP contribution in [-0.4, -0.2) is 53.8 Å². The molecule has 7 heteroatoms. The normalized spacial score (nSPS) is 22.4. The van der Waals surface area contributed by atoms with E-state index in [0.717, 1.165) is 22.8 Å². The van der Waals surface area contributed by atoms with Gasteiger partial charge >= 0.3 is 12.1 Å². The minimum atomic E-state index is -0.287. The third-order valence-corrected chi connectivity index (χ3v) is 5.61. The Morgan fingerprint density at radius 1 is 1.27 bits per heavy atom. The first-order valence-electron chi connectivity index (χ1n) is 7.37. The van der Waals surface area contributed by atoms with Crippen molar-refractivity contribution in [3.63, 3.8) is 0 Å². The lowest BCUT2D eigenvalue weighted by atomic mass is 10.1. The van der Waals surface area contributed by atoms with Crippen LogP contribution in [0.4, 0.5) is 9.59 Å². The van der Waals surface area contributed by atoms with Gasteiger partial charge in [-0.15, -0.1) is 0 Å². The Bertz CT molecular complexity index is 584. The molecular formula is C15H18ClN3O2S. The van der Waals surface area contributed by atoms with Crippen LogP contribution in [0.1, 0.15) is 17.2 Å². The minimum absolute atomic E-state index is 0.185. The van der Waals surface area contributed by atoms with E-state index in [2.05, 4.69) is 5.32 Å². The number of nitrogens with zero attached hydrogens (tertiary/aromatic N) is 2. The molecule has 0 saturated carbocycles. The smallest absolute Gasteiger partial charge is 0.328 e. The molecule has 1 N–H and O–H groups in total. The fraction of sp³-hybridized carbons (Fsp3) is 0.467. The number of hydrogen-bond donors (Lipinski definition) is 1. The minimum Gasteiger partial charge on any atom is -0.336 e. The highest BCUT2D eigenvalue weighted by Gasteiger charge is 2.31. The molecule has 0 spiro atoms. The van der Waals surface area contributed by atoms with Gasteiger partial charge in [-0.25, -0.2) is 14.5 Å². The molecule has 4 amide bonds. The fourth-order valence-corrected chi connectivity index (χ4v) is 4.37. The van der Waals surface area contributed by atoms with Crippen molar-refractivity contribution < 1.29 is 9.59 Å². The second kappa shape index (κ2) is 6.79. The monoisotopic (exact) mass is 339 g/mol. The van der Waals surface area contributed by atoms with Gasteiger partial charge in [-0.2, -0.15) is 11.8 Å². The Morgan fingerprint density at radius 3 is 2.82 bits per heavy atom. The summed E-state index contributed by atoms with van der Waals surface area (Å²) in [6.45, 7) is 2.30. The van der Waals surface area contributed by atoms with Crippen LogP contribution in [0.2, 0.25) is 5.02 Å². The van der Waals surface area contributed by atoms with Crippen molar-refractivity contribution in [1.29, 1.82) is 0 Å². The van der Waals surface area contributed by atoms with Crippen LogP contribution >= 0.6 is 23.4 Å². The predicted molar refractivity (Wildman–Crippen MR) is 88.3 cm³/mol. The Kier molecular flexibility index (Phi) is 4.78. The molecule has 2 heterocycles. The molecule has 0 aliphatic carbocycles. The number of carbonyl (C=O) groups excluding carboxylic acids is 2. The number of rotatable bonds is 1. The number of hydrogen-bond acceptors (Lipinski definition) is 3. The Hall–Kier alpha value is -1.40. The number of urea groups is 2. The van der Waals surface area contributed by atoms with E-state index in [1.54, 1.807) is 4.90 Å². The van der Waals surface area contributed by atoms with Crippen LogP contribution in [0.5, 0.6) is 0 Å². The molecular weight excluding hydrogens is 322 g/mol. The Morgan fingerprint density at radius 2 is 2.09 bits per heavy atom. The first-order chi connectivity index (χ1) is 10.7. The first-order valence-corrected chi connectivity index (χ1v) is 8.80. The lowest BCUT2D eigenvalue weighted by Crippen LogP contribution is -2.45.